The summed E-state index contributed by atoms with van der Waals surface area (Å²) in [6.07, 6.45) is 26.5. The molecule has 4 aromatic carbocycles. The van der Waals surface area contributed by atoms with Crippen molar-refractivity contribution in [1.82, 2.24) is 120 Å². The van der Waals surface area contributed by atoms with E-state index in [4.69, 9.17) is 14.7 Å². The van der Waals surface area contributed by atoms with E-state index >= 15 is 0 Å². The van der Waals surface area contributed by atoms with Gasteiger partial charge in [-0.1, -0.05) is 202 Å². The van der Waals surface area contributed by atoms with E-state index < -0.39 is 10.0 Å². The molecule has 0 fully saturated rings. The van der Waals surface area contributed by atoms with Gasteiger partial charge < -0.3 is 61.0 Å². The number of nitrogens with one attached hydrogen (secondary N) is 1. The Balaban J connectivity index is 0.000000155. The number of fused-ring (bicyclic) bond motifs is 6. The summed E-state index contributed by atoms with van der Waals surface area (Å²) in [5.74, 6) is 6.64. The van der Waals surface area contributed by atoms with Crippen LogP contribution in [-0.4, -0.2) is 142 Å². The molecule has 0 radical (unpaired) electrons. The van der Waals surface area contributed by atoms with Crippen LogP contribution in [0.5, 0.6) is 5.88 Å². The predicted molar refractivity (Wildman–Crippen MR) is 422 cm³/mol. The molecule has 114 heavy (non-hydrogen) atoms. The number of aromatic nitrogens is 24. The van der Waals surface area contributed by atoms with Crippen LogP contribution in [0, 0.1) is 41.5 Å². The minimum absolute atomic E-state index is 0. The standard InChI is InChI=1S/2C16H11N4.C13H13N4O2S.C12H10N3O.2C11H12N5.2Al.4Zn/c2*1-2-6-12(7-3-1)15-19-14(13-8-4-5-9-17-13)16-18-10-11-20(15)16;1-20(18,19)16-7-11-13-14-8-12(17(13)9-15-11)10-5-3-2-4-6-10;1-16-12-11-13-7-8-15(11)10(14-12)9-5-3-2-4-6-9;2*1-7-6-8(2)16(14-7)11-10-12-4-5-15(10)9(3)13-11;;;;;;/h2*1-11H;2-6,8-9,16H,7H2,1H3;2-8H,1H3;2*4-6H,1-3H3;;;;;;/q6*-1;2*+3;4*+2. The van der Waals surface area contributed by atoms with Crippen molar-refractivity contribution in [2.75, 3.05) is 13.4 Å². The van der Waals surface area contributed by atoms with Crippen LogP contribution in [0.4, 0.5) is 0 Å². The smallest absolute Gasteiger partial charge is 0.481 e. The van der Waals surface area contributed by atoms with E-state index in [1.807, 2.05) is 278 Å². The van der Waals surface area contributed by atoms with Gasteiger partial charge in [-0.15, -0.1) is 0 Å². The topological polar surface area (TPSA) is 305 Å². The molecule has 28 nitrogen and oxygen atoms in total. The first-order chi connectivity index (χ1) is 52.6. The van der Waals surface area contributed by atoms with Crippen molar-refractivity contribution in [3.05, 3.63) is 297 Å². The second-order valence-corrected chi connectivity index (χ2v) is 26.6. The van der Waals surface area contributed by atoms with Crippen LogP contribution in [0.15, 0.2) is 257 Å². The van der Waals surface area contributed by atoms with Gasteiger partial charge in [0.2, 0.25) is 15.9 Å². The number of benzene rings is 4. The summed E-state index contributed by atoms with van der Waals surface area (Å²) in [4.78, 5) is 61.8. The maximum atomic E-state index is 11.1. The van der Waals surface area contributed by atoms with Crippen LogP contribution < -0.4 is 39.4 Å². The van der Waals surface area contributed by atoms with Gasteiger partial charge in [-0.3, -0.25) is 24.9 Å². The Morgan fingerprint density at radius 2 is 0.789 bits per heavy atom. The number of hydrogen-bond acceptors (Lipinski definition) is 13. The number of nitrogens with zero attached hydrogens (tertiary/aromatic N) is 24. The molecule has 0 saturated heterocycles. The summed E-state index contributed by atoms with van der Waals surface area (Å²) in [6.45, 7) is 12.0. The fourth-order valence-corrected chi connectivity index (χ4v) is 12.8. The first kappa shape index (κ1) is 87.3. The molecule has 1 N–H and O–H groups in total. The Morgan fingerprint density at radius 3 is 1.18 bits per heavy atom. The average molecular weight is 1760 g/mol. The first-order valence-electron chi connectivity index (χ1n) is 34.1. The van der Waals surface area contributed by atoms with Crippen molar-refractivity contribution in [2.45, 2.75) is 48.1 Å². The van der Waals surface area contributed by atoms with E-state index in [1.165, 1.54) is 0 Å². The van der Waals surface area contributed by atoms with Gasteiger partial charge in [-0.25, -0.2) is 37.5 Å². The molecule has 0 spiro atoms. The quantitative estimate of drug-likeness (QED) is 0.111. The number of aryl methyl sites for hydroxylation is 6. The van der Waals surface area contributed by atoms with Gasteiger partial charge in [-0.05, 0) is 134 Å². The number of hydrogen-bond donors (Lipinski definition) is 1. The summed E-state index contributed by atoms with van der Waals surface area (Å²) in [6, 6.07) is 55.7. The van der Waals surface area contributed by atoms with Gasteiger partial charge in [-0.2, -0.15) is 10.2 Å². The van der Waals surface area contributed by atoms with Crippen molar-refractivity contribution in [2.24, 2.45) is 0 Å². The van der Waals surface area contributed by atoms with Crippen molar-refractivity contribution in [1.29, 1.82) is 0 Å². The molecule has 0 aliphatic carbocycles. The molecule has 0 unspecified atom stereocenters. The molecular weight excluding hydrogens is 1690 g/mol. The zero-order valence-corrected chi connectivity index (χ0v) is 78.8. The minimum Gasteiger partial charge on any atom is -0.481 e. The number of methoxy groups -OCH3 is 1. The number of pyridine rings is 2. The SMILES string of the molecule is COc1nc(-c2ccccc2)n2cc[n-]c12.CS(=O)(=O)NCc1ncn2c(-c3ccccc3)c[n-]c12.Cc1cc(C)n(-c2nc(C)n3cc[n-]c23)n1.Cc1cc(C)n(-c2nc(C)n3cc[n-]c23)n1.[Al+3].[Al+3].[Zn+2].[Zn+2].[Zn+2].[Zn+2].c1ccc(-c2nc(-c3ccccn3)c3[n-]ccn23)cc1.c1ccc(-c2nc(-c3ccccn3)c3[n-]ccn23)cc1. The average Bonchev–Trinajstić information content (AvgIpc) is 1.47. The van der Waals surface area contributed by atoms with E-state index in [0.29, 0.717) is 17.2 Å². The van der Waals surface area contributed by atoms with E-state index in [-0.39, 0.29) is 119 Å². The summed E-state index contributed by atoms with van der Waals surface area (Å²) in [7, 11) is -1.64. The van der Waals surface area contributed by atoms with Crippen molar-refractivity contribution < 1.29 is 91.1 Å². The molecule has 20 rings (SSSR count). The van der Waals surface area contributed by atoms with Crippen molar-refractivity contribution >= 4 is 78.6 Å². The van der Waals surface area contributed by atoms with Gasteiger partial charge in [0, 0.05) is 47.4 Å². The van der Waals surface area contributed by atoms with Crippen LogP contribution in [0.1, 0.15) is 40.1 Å². The second kappa shape index (κ2) is 38.9. The molecule has 20 aromatic rings. The van der Waals surface area contributed by atoms with Crippen LogP contribution in [0.25, 0.3) is 114 Å². The molecule has 35 heteroatoms. The summed E-state index contributed by atoms with van der Waals surface area (Å²) >= 11 is 0. The zero-order chi connectivity index (χ0) is 74.4. The third kappa shape index (κ3) is 18.8. The molecule has 0 atom stereocenters. The van der Waals surface area contributed by atoms with Crippen LogP contribution in [0.2, 0.25) is 0 Å². The fraction of sp³-hybridized carbons (Fsp3) is 0.114. The summed E-state index contributed by atoms with van der Waals surface area (Å²) in [5, 5.41) is 8.85. The Hall–Kier alpha value is -10.6. The van der Waals surface area contributed by atoms with Crippen LogP contribution in [-0.2, 0) is 94.5 Å². The van der Waals surface area contributed by atoms with E-state index in [9.17, 15) is 8.42 Å². The van der Waals surface area contributed by atoms with Gasteiger partial charge in [0.05, 0.1) is 77.2 Å². The number of rotatable bonds is 12. The Labute approximate surface area is 727 Å². The normalized spacial score (nSPS) is 10.7. The van der Waals surface area contributed by atoms with E-state index in [1.54, 1.807) is 63.0 Å². The van der Waals surface area contributed by atoms with Crippen LogP contribution >= 0.6 is 0 Å². The van der Waals surface area contributed by atoms with Gasteiger partial charge in [0.25, 0.3) is 0 Å². The van der Waals surface area contributed by atoms with Crippen LogP contribution in [0.3, 0.4) is 0 Å². The fourth-order valence-electron chi connectivity index (χ4n) is 12.4. The molecular formula is C79H69Al2N25O3SZn4+8. The van der Waals surface area contributed by atoms with Crippen molar-refractivity contribution in [3.63, 3.8) is 0 Å². The maximum absolute atomic E-state index is 11.1. The molecule has 0 aliphatic rings. The Bertz CT molecular complexity index is 6110. The van der Waals surface area contributed by atoms with Crippen molar-refractivity contribution in [3.8, 4) is 85.7 Å². The van der Waals surface area contributed by atoms with E-state index in [0.717, 1.165) is 149 Å². The monoisotopic (exact) mass is 1760 g/mol. The molecule has 0 amide bonds. The largest absolute Gasteiger partial charge is 3.00 e. The Kier molecular flexibility index (Phi) is 29.8. The predicted octanol–water partition coefficient (Wildman–Crippen LogP) is 11.0. The van der Waals surface area contributed by atoms with E-state index in [2.05, 4.69) is 74.7 Å². The number of sulfonamides is 1. The Morgan fingerprint density at radius 1 is 0.412 bits per heavy atom. The molecule has 0 saturated carbocycles. The third-order valence-electron chi connectivity index (χ3n) is 17.3. The van der Waals surface area contributed by atoms with Gasteiger partial charge >= 0.3 is 113 Å². The minimum atomic E-state index is -3.24. The molecule has 0 aliphatic heterocycles. The molecule has 16 aromatic heterocycles. The molecule has 0 bridgehead atoms. The first-order valence-corrected chi connectivity index (χ1v) is 36.0. The third-order valence-corrected chi connectivity index (χ3v) is 17.9. The summed E-state index contributed by atoms with van der Waals surface area (Å²) in [5.41, 5.74) is 18.0. The summed E-state index contributed by atoms with van der Waals surface area (Å²) < 4.78 is 45.2. The van der Waals surface area contributed by atoms with Gasteiger partial charge in [0.15, 0.2) is 11.6 Å². The number of imidazole rings is 12. The molecule has 16 heterocycles. The number of ether oxygens (including phenoxy) is 1. The maximum Gasteiger partial charge on any atom is 3.00 e. The van der Waals surface area contributed by atoms with Gasteiger partial charge in [0.1, 0.15) is 0 Å². The zero-order valence-electron chi connectivity index (χ0n) is 63.8. The second-order valence-electron chi connectivity index (χ2n) is 24.8. The molecule has 540 valence electrons.